The van der Waals surface area contributed by atoms with Gasteiger partial charge >= 0.3 is 0 Å². The number of methoxy groups -OCH3 is 1. The van der Waals surface area contributed by atoms with Crippen LogP contribution in [-0.2, 0) is 0 Å². The third-order valence-electron chi connectivity index (χ3n) is 5.44. The van der Waals surface area contributed by atoms with Crippen molar-refractivity contribution in [1.29, 1.82) is 0 Å². The second-order valence-electron chi connectivity index (χ2n) is 7.64. The van der Waals surface area contributed by atoms with E-state index < -0.39 is 0 Å². The maximum atomic E-state index is 6.06. The molecule has 1 fully saturated rings. The summed E-state index contributed by atoms with van der Waals surface area (Å²) in [6.07, 6.45) is 6.82. The van der Waals surface area contributed by atoms with Crippen LogP contribution in [0.1, 0.15) is 42.5 Å². The molecule has 0 amide bonds. The Balaban J connectivity index is 1.58. The second kappa shape index (κ2) is 9.73. The van der Waals surface area contributed by atoms with Gasteiger partial charge in [0.15, 0.2) is 11.2 Å². The molecule has 0 unspecified atom stereocenters. The molecule has 30 heavy (non-hydrogen) atoms. The topological polar surface area (TPSA) is 59.8 Å². The van der Waals surface area contributed by atoms with Crippen molar-refractivity contribution in [3.8, 4) is 23.5 Å². The van der Waals surface area contributed by atoms with Gasteiger partial charge in [0.25, 0.3) is 0 Å². The van der Waals surface area contributed by atoms with Crippen LogP contribution < -0.4 is 20.3 Å². The van der Waals surface area contributed by atoms with E-state index in [1.165, 1.54) is 19.3 Å². The van der Waals surface area contributed by atoms with Crippen molar-refractivity contribution < 1.29 is 9.47 Å². The first kappa shape index (κ1) is 20.4. The fraction of sp³-hybridized carbons (Fsp3) is 0.458. The van der Waals surface area contributed by atoms with E-state index in [0.717, 1.165) is 54.8 Å². The number of fused-ring (bicyclic) bond motifs is 1. The molecule has 0 spiro atoms. The maximum Gasteiger partial charge on any atom is 0.249 e. The molecule has 4 rings (SSSR count). The monoisotopic (exact) mass is 404 g/mol. The Morgan fingerprint density at radius 3 is 2.77 bits per heavy atom. The first-order chi connectivity index (χ1) is 14.7. The minimum atomic E-state index is 0.498. The average molecular weight is 405 g/mol. The van der Waals surface area contributed by atoms with Gasteiger partial charge in [-0.05, 0) is 69.0 Å². The molecule has 0 aliphatic carbocycles. The Kier molecular flexibility index (Phi) is 6.60. The van der Waals surface area contributed by atoms with Gasteiger partial charge in [0.2, 0.25) is 5.88 Å². The Labute approximate surface area is 177 Å². The summed E-state index contributed by atoms with van der Waals surface area (Å²) in [7, 11) is 1.66. The zero-order chi connectivity index (χ0) is 20.8. The molecule has 6 heteroatoms. The van der Waals surface area contributed by atoms with E-state index in [-0.39, 0.29) is 0 Å². The van der Waals surface area contributed by atoms with E-state index >= 15 is 0 Å². The number of piperidine rings is 1. The van der Waals surface area contributed by atoms with Gasteiger partial charge in [0.05, 0.1) is 7.11 Å². The largest absolute Gasteiger partial charge is 0.497 e. The van der Waals surface area contributed by atoms with Gasteiger partial charge in [-0.2, -0.15) is 0 Å². The van der Waals surface area contributed by atoms with Gasteiger partial charge in [-0.25, -0.2) is 9.97 Å². The van der Waals surface area contributed by atoms with Crippen molar-refractivity contribution >= 4 is 6.08 Å². The summed E-state index contributed by atoms with van der Waals surface area (Å²) >= 11 is 0. The van der Waals surface area contributed by atoms with Gasteiger partial charge in [0, 0.05) is 18.7 Å². The summed E-state index contributed by atoms with van der Waals surface area (Å²) < 4.78 is 11.3. The Hall–Kier alpha value is -2.91. The highest BCUT2D eigenvalue weighted by Gasteiger charge is 2.12. The molecular weight excluding hydrogens is 376 g/mol. The number of ether oxygens (including phenoxy) is 2. The summed E-state index contributed by atoms with van der Waals surface area (Å²) in [5.74, 6) is 7.71. The molecule has 2 aliphatic heterocycles. The zero-order valence-electron chi connectivity index (χ0n) is 17.8. The van der Waals surface area contributed by atoms with Crippen LogP contribution in [0, 0.1) is 18.8 Å². The molecule has 6 nitrogen and oxygen atoms in total. The molecule has 0 bridgehead atoms. The number of aryl methyl sites for hydroxylation is 1. The Morgan fingerprint density at radius 1 is 1.10 bits per heavy atom. The number of likely N-dealkylation sites (tertiary alicyclic amines) is 1. The Morgan fingerprint density at radius 2 is 1.97 bits per heavy atom. The van der Waals surface area contributed by atoms with Crippen molar-refractivity contribution in [2.45, 2.75) is 32.6 Å². The van der Waals surface area contributed by atoms with Crippen LogP contribution in [0.4, 0.5) is 0 Å². The van der Waals surface area contributed by atoms with Gasteiger partial charge in [-0.3, -0.25) is 9.89 Å². The number of rotatable bonds is 5. The standard InChI is InChI=1S/C24H28N4O2/c1-18-17-20(29-2)10-8-19(18)9-11-22-24(27-21-7-6-12-25-23(21)26-22)30-16-15-28-13-4-3-5-14-28/h7-8,10,17H,3-6,12-16H2,1-2H3. The fourth-order valence-corrected chi connectivity index (χ4v) is 3.71. The first-order valence-electron chi connectivity index (χ1n) is 10.7. The van der Waals surface area contributed by atoms with E-state index in [4.69, 9.17) is 9.47 Å². The number of nitrogens with zero attached hydrogens (tertiary/aromatic N) is 4. The van der Waals surface area contributed by atoms with Crippen molar-refractivity contribution in [3.05, 3.63) is 45.9 Å². The summed E-state index contributed by atoms with van der Waals surface area (Å²) in [5.41, 5.74) is 3.18. The summed E-state index contributed by atoms with van der Waals surface area (Å²) in [5, 5.41) is 0.792. The van der Waals surface area contributed by atoms with Crippen molar-refractivity contribution in [1.82, 2.24) is 14.9 Å². The minimum Gasteiger partial charge on any atom is -0.497 e. The summed E-state index contributed by atoms with van der Waals surface area (Å²) in [6, 6.07) is 5.85. The second-order valence-corrected chi connectivity index (χ2v) is 7.64. The number of hydrogen-bond acceptors (Lipinski definition) is 6. The van der Waals surface area contributed by atoms with Crippen LogP contribution >= 0.6 is 0 Å². The molecule has 0 saturated carbocycles. The molecule has 0 atom stereocenters. The van der Waals surface area contributed by atoms with E-state index in [1.54, 1.807) is 7.11 Å². The number of benzene rings is 1. The number of aromatic nitrogens is 2. The van der Waals surface area contributed by atoms with Gasteiger partial charge in [-0.1, -0.05) is 18.4 Å². The van der Waals surface area contributed by atoms with Crippen LogP contribution in [0.3, 0.4) is 0 Å². The highest BCUT2D eigenvalue weighted by molar-refractivity contribution is 5.49. The smallest absolute Gasteiger partial charge is 0.249 e. The minimum absolute atomic E-state index is 0.498. The maximum absolute atomic E-state index is 6.06. The summed E-state index contributed by atoms with van der Waals surface area (Å²) in [4.78, 5) is 16.3. The molecule has 0 N–H and O–H groups in total. The molecule has 2 aromatic rings. The molecule has 1 aromatic heterocycles. The number of hydrogen-bond donors (Lipinski definition) is 0. The Bertz CT molecular complexity index is 1080. The van der Waals surface area contributed by atoms with Crippen LogP contribution in [0.2, 0.25) is 0 Å². The van der Waals surface area contributed by atoms with Crippen LogP contribution in [0.25, 0.3) is 6.08 Å². The summed E-state index contributed by atoms with van der Waals surface area (Å²) in [6.45, 7) is 6.54. The van der Waals surface area contributed by atoms with Crippen molar-refractivity contribution in [3.63, 3.8) is 0 Å². The lowest BCUT2D eigenvalue weighted by molar-refractivity contribution is 0.180. The van der Waals surface area contributed by atoms with E-state index in [9.17, 15) is 0 Å². The first-order valence-corrected chi connectivity index (χ1v) is 10.7. The molecule has 0 radical (unpaired) electrons. The predicted molar refractivity (Wildman–Crippen MR) is 116 cm³/mol. The third kappa shape index (κ3) is 4.98. The SMILES string of the molecule is COc1ccc(C#Cc2nc3c(nc2OCCN2CCCCC2)=CCCN=3)c(C)c1. The highest BCUT2D eigenvalue weighted by Crippen LogP contribution is 2.16. The highest BCUT2D eigenvalue weighted by atomic mass is 16.5. The molecule has 1 aromatic carbocycles. The normalized spacial score (nSPS) is 15.8. The lowest BCUT2D eigenvalue weighted by atomic mass is 10.1. The molecule has 156 valence electrons. The molecule has 1 saturated heterocycles. The quantitative estimate of drug-likeness (QED) is 0.712. The lowest BCUT2D eigenvalue weighted by Gasteiger charge is -2.26. The van der Waals surface area contributed by atoms with Crippen molar-refractivity contribution in [2.75, 3.05) is 39.9 Å². The van der Waals surface area contributed by atoms with Crippen LogP contribution in [0.15, 0.2) is 23.2 Å². The fourth-order valence-electron chi connectivity index (χ4n) is 3.71. The average Bonchev–Trinajstić information content (AvgIpc) is 2.79. The predicted octanol–water partition coefficient (Wildman–Crippen LogP) is 1.86. The van der Waals surface area contributed by atoms with Crippen molar-refractivity contribution in [2.24, 2.45) is 4.99 Å². The van der Waals surface area contributed by atoms with Crippen LogP contribution in [0.5, 0.6) is 11.6 Å². The van der Waals surface area contributed by atoms with Gasteiger partial charge < -0.3 is 9.47 Å². The van der Waals surface area contributed by atoms with E-state index in [0.29, 0.717) is 23.7 Å². The van der Waals surface area contributed by atoms with Gasteiger partial charge in [0.1, 0.15) is 17.7 Å². The van der Waals surface area contributed by atoms with E-state index in [1.807, 2.05) is 25.1 Å². The zero-order valence-corrected chi connectivity index (χ0v) is 17.8. The van der Waals surface area contributed by atoms with Crippen LogP contribution in [-0.4, -0.2) is 54.8 Å². The molecular formula is C24H28N4O2. The van der Waals surface area contributed by atoms with Gasteiger partial charge in [-0.15, -0.1) is 0 Å². The van der Waals surface area contributed by atoms with E-state index in [2.05, 4.69) is 37.8 Å². The molecule has 2 aliphatic rings. The lowest BCUT2D eigenvalue weighted by Crippen LogP contribution is -2.36. The molecule has 3 heterocycles. The third-order valence-corrected chi connectivity index (χ3v) is 5.44.